The third kappa shape index (κ3) is 3.23. The van der Waals surface area contributed by atoms with Crippen LogP contribution in [0.2, 0.25) is 0 Å². The van der Waals surface area contributed by atoms with Crippen molar-refractivity contribution in [2.45, 2.75) is 4.90 Å². The van der Waals surface area contributed by atoms with Crippen LogP contribution in [0.25, 0.3) is 11.7 Å². The number of carbonyl (C=O) groups excluding carboxylic acids is 1. The number of benzene rings is 1. The van der Waals surface area contributed by atoms with Gasteiger partial charge in [0.1, 0.15) is 0 Å². The number of nitrogens with one attached hydrogen (secondary N) is 1. The van der Waals surface area contributed by atoms with Crippen molar-refractivity contribution < 1.29 is 13.6 Å². The number of aromatic nitrogens is 2. The molecule has 3 aromatic rings. The topological polar surface area (TPSA) is 81.2 Å². The van der Waals surface area contributed by atoms with Gasteiger partial charge in [-0.2, -0.15) is 0 Å². The quantitative estimate of drug-likeness (QED) is 0.688. The van der Waals surface area contributed by atoms with Gasteiger partial charge in [-0.1, -0.05) is 5.10 Å². The molecule has 0 atom stereocenters. The van der Waals surface area contributed by atoms with E-state index in [1.54, 1.807) is 36.0 Å². The van der Waals surface area contributed by atoms with Gasteiger partial charge in [-0.3, -0.25) is 10.1 Å². The number of furan rings is 1. The van der Waals surface area contributed by atoms with Crippen molar-refractivity contribution >= 4 is 39.6 Å². The molecule has 0 aliphatic rings. The van der Waals surface area contributed by atoms with Crippen LogP contribution >= 0.6 is 27.7 Å². The van der Waals surface area contributed by atoms with Crippen LogP contribution in [0.1, 0.15) is 10.4 Å². The van der Waals surface area contributed by atoms with Gasteiger partial charge in [0.25, 0.3) is 11.8 Å². The molecule has 1 N–H and O–H groups in total. The summed E-state index contributed by atoms with van der Waals surface area (Å²) in [6, 6.07) is 10.6. The highest BCUT2D eigenvalue weighted by molar-refractivity contribution is 9.10. The number of hydrogen-bond acceptors (Lipinski definition) is 6. The Morgan fingerprint density at radius 2 is 1.91 bits per heavy atom. The minimum absolute atomic E-state index is 0.0152. The first-order chi connectivity index (χ1) is 10.7. The molecule has 112 valence electrons. The summed E-state index contributed by atoms with van der Waals surface area (Å²) < 4.78 is 11.2. The number of rotatable bonds is 4. The molecule has 8 heteroatoms. The van der Waals surface area contributed by atoms with Gasteiger partial charge in [0.15, 0.2) is 10.4 Å². The van der Waals surface area contributed by atoms with Gasteiger partial charge >= 0.3 is 6.01 Å². The summed E-state index contributed by atoms with van der Waals surface area (Å²) in [5.74, 6) is 0.298. The number of amides is 1. The zero-order valence-corrected chi connectivity index (χ0v) is 13.8. The highest BCUT2D eigenvalue weighted by Crippen LogP contribution is 2.25. The molecule has 0 spiro atoms. The van der Waals surface area contributed by atoms with Crippen LogP contribution in [-0.2, 0) is 0 Å². The second kappa shape index (κ2) is 6.37. The lowest BCUT2D eigenvalue weighted by Gasteiger charge is -2.01. The minimum Gasteiger partial charge on any atom is -0.444 e. The fourth-order valence-electron chi connectivity index (χ4n) is 1.71. The smallest absolute Gasteiger partial charge is 0.322 e. The van der Waals surface area contributed by atoms with Gasteiger partial charge in [0.2, 0.25) is 0 Å². The summed E-state index contributed by atoms with van der Waals surface area (Å²) in [5.41, 5.74) is 0.512. The van der Waals surface area contributed by atoms with Crippen molar-refractivity contribution in [2.24, 2.45) is 0 Å². The normalized spacial score (nSPS) is 10.6. The molecule has 1 aromatic carbocycles. The predicted octanol–water partition coefficient (Wildman–Crippen LogP) is 4.07. The first kappa shape index (κ1) is 14.9. The fourth-order valence-corrected chi connectivity index (χ4v) is 2.43. The standard InChI is InChI=1S/C14H10BrN3O3S/c1-22-9-4-2-8(3-5-9)12(19)16-14-18-17-13(21-14)10-6-7-11(15)20-10/h2-7H,1H3,(H,16,18,19). The third-order valence-corrected chi connectivity index (χ3v) is 3.95. The van der Waals surface area contributed by atoms with Crippen LogP contribution in [0.4, 0.5) is 6.01 Å². The molecule has 22 heavy (non-hydrogen) atoms. The van der Waals surface area contributed by atoms with Gasteiger partial charge < -0.3 is 8.83 Å². The van der Waals surface area contributed by atoms with Gasteiger partial charge in [-0.25, -0.2) is 0 Å². The predicted molar refractivity (Wildman–Crippen MR) is 85.9 cm³/mol. The van der Waals surface area contributed by atoms with Crippen molar-refractivity contribution in [2.75, 3.05) is 11.6 Å². The summed E-state index contributed by atoms with van der Waals surface area (Å²) in [6.45, 7) is 0. The summed E-state index contributed by atoms with van der Waals surface area (Å²) >= 11 is 4.80. The number of thioether (sulfide) groups is 1. The highest BCUT2D eigenvalue weighted by atomic mass is 79.9. The van der Waals surface area contributed by atoms with E-state index in [9.17, 15) is 4.79 Å². The monoisotopic (exact) mass is 379 g/mol. The number of carbonyl (C=O) groups is 1. The average Bonchev–Trinajstić information content (AvgIpc) is 3.16. The summed E-state index contributed by atoms with van der Waals surface area (Å²) in [4.78, 5) is 13.2. The molecule has 3 rings (SSSR count). The number of nitrogens with zero attached hydrogens (tertiary/aromatic N) is 2. The second-order valence-electron chi connectivity index (χ2n) is 4.20. The molecule has 0 aliphatic carbocycles. The Morgan fingerprint density at radius 1 is 1.14 bits per heavy atom. The molecule has 0 saturated heterocycles. The van der Waals surface area contributed by atoms with Crippen LogP contribution in [0.3, 0.4) is 0 Å². The molecule has 0 aliphatic heterocycles. The lowest BCUT2D eigenvalue weighted by atomic mass is 10.2. The largest absolute Gasteiger partial charge is 0.444 e. The molecule has 2 heterocycles. The first-order valence-electron chi connectivity index (χ1n) is 6.20. The van der Waals surface area contributed by atoms with Crippen molar-refractivity contribution in [3.8, 4) is 11.7 Å². The molecule has 1 amide bonds. The van der Waals surface area contributed by atoms with Crippen molar-refractivity contribution in [3.05, 3.63) is 46.6 Å². The SMILES string of the molecule is CSc1ccc(C(=O)Nc2nnc(-c3ccc(Br)o3)o2)cc1. The van der Waals surface area contributed by atoms with Crippen LogP contribution in [-0.4, -0.2) is 22.4 Å². The maximum Gasteiger partial charge on any atom is 0.322 e. The highest BCUT2D eigenvalue weighted by Gasteiger charge is 2.15. The van der Waals surface area contributed by atoms with Gasteiger partial charge in [0.05, 0.1) is 0 Å². The minimum atomic E-state index is -0.316. The van der Waals surface area contributed by atoms with E-state index >= 15 is 0 Å². The summed E-state index contributed by atoms with van der Waals surface area (Å²) in [7, 11) is 0. The van der Waals surface area contributed by atoms with Crippen LogP contribution in [0.5, 0.6) is 0 Å². The average molecular weight is 380 g/mol. The van der Waals surface area contributed by atoms with Crippen molar-refractivity contribution in [1.29, 1.82) is 0 Å². The first-order valence-corrected chi connectivity index (χ1v) is 8.22. The van der Waals surface area contributed by atoms with Crippen LogP contribution in [0, 0.1) is 0 Å². The van der Waals surface area contributed by atoms with E-state index in [0.717, 1.165) is 4.90 Å². The Morgan fingerprint density at radius 3 is 2.55 bits per heavy atom. The summed E-state index contributed by atoms with van der Waals surface area (Å²) in [5, 5.41) is 10.2. The molecule has 0 fully saturated rings. The molecule has 0 bridgehead atoms. The molecule has 6 nitrogen and oxygen atoms in total. The summed E-state index contributed by atoms with van der Waals surface area (Å²) in [6.07, 6.45) is 1.97. The number of halogens is 1. The van der Waals surface area contributed by atoms with Crippen molar-refractivity contribution in [3.63, 3.8) is 0 Å². The molecule has 0 radical (unpaired) electrons. The maximum atomic E-state index is 12.1. The third-order valence-electron chi connectivity index (χ3n) is 2.78. The number of anilines is 1. The van der Waals surface area contributed by atoms with E-state index < -0.39 is 0 Å². The van der Waals surface area contributed by atoms with Crippen molar-refractivity contribution in [1.82, 2.24) is 10.2 Å². The maximum absolute atomic E-state index is 12.1. The van der Waals surface area contributed by atoms with Gasteiger partial charge in [-0.15, -0.1) is 16.9 Å². The van der Waals surface area contributed by atoms with E-state index in [1.807, 2.05) is 18.4 Å². The Balaban J connectivity index is 1.72. The Labute approximate surface area is 138 Å². The van der Waals surface area contributed by atoms with E-state index in [4.69, 9.17) is 8.83 Å². The van der Waals surface area contributed by atoms with E-state index in [-0.39, 0.29) is 17.8 Å². The Kier molecular flexibility index (Phi) is 4.30. The lowest BCUT2D eigenvalue weighted by molar-refractivity contribution is 0.102. The Hall–Kier alpha value is -2.06. The number of hydrogen-bond donors (Lipinski definition) is 1. The van der Waals surface area contributed by atoms with Crippen LogP contribution in [0.15, 0.2) is 54.8 Å². The molecule has 2 aromatic heterocycles. The Bertz CT molecular complexity index is 798. The zero-order chi connectivity index (χ0) is 15.5. The van der Waals surface area contributed by atoms with E-state index in [1.165, 1.54) is 0 Å². The fraction of sp³-hybridized carbons (Fsp3) is 0.0714. The lowest BCUT2D eigenvalue weighted by Crippen LogP contribution is -2.11. The molecular formula is C14H10BrN3O3S. The van der Waals surface area contributed by atoms with Gasteiger partial charge in [0, 0.05) is 10.5 Å². The van der Waals surface area contributed by atoms with Crippen LogP contribution < -0.4 is 5.32 Å². The van der Waals surface area contributed by atoms with E-state index in [2.05, 4.69) is 31.4 Å². The molecule has 0 saturated carbocycles. The van der Waals surface area contributed by atoms with Gasteiger partial charge in [-0.05, 0) is 58.6 Å². The molecular weight excluding hydrogens is 370 g/mol. The molecule has 0 unspecified atom stereocenters. The zero-order valence-electron chi connectivity index (χ0n) is 11.4. The second-order valence-corrected chi connectivity index (χ2v) is 5.86. The van der Waals surface area contributed by atoms with E-state index in [0.29, 0.717) is 16.0 Å².